The van der Waals surface area contributed by atoms with Crippen LogP contribution in [0.2, 0.25) is 0 Å². The Hall–Kier alpha value is -1.60. The van der Waals surface area contributed by atoms with Gasteiger partial charge >= 0.3 is 7.32 Å². The fourth-order valence-electron chi connectivity index (χ4n) is 1.04. The van der Waals surface area contributed by atoms with Crippen LogP contribution in [-0.4, -0.2) is 30.8 Å². The molecule has 0 unspecified atom stereocenters. The van der Waals surface area contributed by atoms with E-state index in [9.17, 15) is 9.18 Å². The number of ether oxygens (including phenoxy) is 1. The van der Waals surface area contributed by atoms with Gasteiger partial charge in [-0.25, -0.2) is 4.39 Å². The zero-order valence-electron chi connectivity index (χ0n) is 7.81. The molecule has 0 amide bonds. The number of hydrogen-bond donors (Lipinski definition) is 2. The van der Waals surface area contributed by atoms with Crippen molar-refractivity contribution in [2.45, 2.75) is 0 Å². The van der Waals surface area contributed by atoms with Gasteiger partial charge in [0.1, 0.15) is 17.3 Å². The first-order valence-corrected chi connectivity index (χ1v) is 3.94. The molecule has 15 heavy (non-hydrogen) atoms. The summed E-state index contributed by atoms with van der Waals surface area (Å²) in [5.41, 5.74) is -0.253. The quantitative estimate of drug-likeness (QED) is 0.544. The molecule has 5 nitrogen and oxygen atoms in total. The van der Waals surface area contributed by atoms with Gasteiger partial charge in [0.25, 0.3) is 0 Å². The molecule has 0 aliphatic rings. The normalized spacial score (nSPS) is 9.60. The number of aldehydes is 1. The van der Waals surface area contributed by atoms with Crippen molar-refractivity contribution in [2.24, 2.45) is 0 Å². The van der Waals surface area contributed by atoms with Crippen molar-refractivity contribution in [1.82, 2.24) is 0 Å². The van der Waals surface area contributed by atoms with Gasteiger partial charge in [-0.1, -0.05) is 0 Å². The number of carbonyl (C=O) groups is 1. The van der Waals surface area contributed by atoms with Crippen LogP contribution in [0.1, 0.15) is 10.4 Å². The number of methoxy groups -OCH3 is 1. The van der Waals surface area contributed by atoms with Crippen molar-refractivity contribution in [3.8, 4) is 11.5 Å². The second-order valence-corrected chi connectivity index (χ2v) is 2.58. The lowest BCUT2D eigenvalue weighted by atomic mass is 10.1. The summed E-state index contributed by atoms with van der Waals surface area (Å²) >= 11 is 0. The van der Waals surface area contributed by atoms with E-state index in [-0.39, 0.29) is 17.1 Å². The molecule has 1 aromatic carbocycles. The minimum absolute atomic E-state index is 0.0411. The van der Waals surface area contributed by atoms with Crippen LogP contribution in [0.4, 0.5) is 4.39 Å². The Morgan fingerprint density at radius 2 is 2.13 bits per heavy atom. The largest absolute Gasteiger partial charge is 0.707 e. The fourth-order valence-corrected chi connectivity index (χ4v) is 1.04. The molecule has 0 atom stereocenters. The third kappa shape index (κ3) is 2.68. The van der Waals surface area contributed by atoms with Crippen LogP contribution in [0.15, 0.2) is 12.1 Å². The van der Waals surface area contributed by atoms with Crippen molar-refractivity contribution in [3.05, 3.63) is 23.5 Å². The van der Waals surface area contributed by atoms with Crippen LogP contribution >= 0.6 is 0 Å². The van der Waals surface area contributed by atoms with E-state index in [1.807, 2.05) is 0 Å². The topological polar surface area (TPSA) is 76.0 Å². The molecule has 0 spiro atoms. The standard InChI is InChI=1S/C8H8BFO5/c1-14-8-3-5(15-9(12)13)2-7(10)6(8)4-11/h2-4,12-13H,1H3. The first kappa shape index (κ1) is 11.5. The van der Waals surface area contributed by atoms with E-state index >= 15 is 0 Å². The summed E-state index contributed by atoms with van der Waals surface area (Å²) < 4.78 is 22.3. The summed E-state index contributed by atoms with van der Waals surface area (Å²) in [5.74, 6) is -1.05. The highest BCUT2D eigenvalue weighted by Crippen LogP contribution is 2.26. The van der Waals surface area contributed by atoms with Crippen LogP contribution in [0.5, 0.6) is 11.5 Å². The first-order chi connectivity index (χ1) is 7.08. The number of hydrogen-bond acceptors (Lipinski definition) is 5. The average Bonchev–Trinajstić information content (AvgIpc) is 2.15. The Morgan fingerprint density at radius 1 is 1.47 bits per heavy atom. The van der Waals surface area contributed by atoms with Crippen molar-refractivity contribution in [1.29, 1.82) is 0 Å². The highest BCUT2D eigenvalue weighted by atomic mass is 19.1. The van der Waals surface area contributed by atoms with Gasteiger partial charge in [-0.15, -0.1) is 0 Å². The molecular formula is C8H8BFO5. The molecule has 1 rings (SSSR count). The molecule has 0 fully saturated rings. The Morgan fingerprint density at radius 3 is 2.60 bits per heavy atom. The summed E-state index contributed by atoms with van der Waals surface area (Å²) in [6.07, 6.45) is 0.299. The van der Waals surface area contributed by atoms with Gasteiger partial charge in [0.15, 0.2) is 6.29 Å². The maximum absolute atomic E-state index is 13.2. The van der Waals surface area contributed by atoms with Gasteiger partial charge in [-0.2, -0.15) is 0 Å². The number of halogens is 1. The molecule has 0 bridgehead atoms. The third-order valence-corrected chi connectivity index (χ3v) is 1.64. The van der Waals surface area contributed by atoms with E-state index < -0.39 is 13.1 Å². The number of benzene rings is 1. The fraction of sp³-hybridized carbons (Fsp3) is 0.125. The molecule has 0 aliphatic heterocycles. The van der Waals surface area contributed by atoms with E-state index in [2.05, 4.69) is 4.65 Å². The monoisotopic (exact) mass is 214 g/mol. The van der Waals surface area contributed by atoms with E-state index in [1.165, 1.54) is 13.2 Å². The van der Waals surface area contributed by atoms with Crippen LogP contribution in [0.25, 0.3) is 0 Å². The molecule has 7 heteroatoms. The first-order valence-electron chi connectivity index (χ1n) is 3.94. The van der Waals surface area contributed by atoms with Gasteiger partial charge < -0.3 is 19.4 Å². The van der Waals surface area contributed by atoms with Gasteiger partial charge in [0, 0.05) is 12.1 Å². The highest BCUT2D eigenvalue weighted by molar-refractivity contribution is 6.33. The van der Waals surface area contributed by atoms with Crippen molar-refractivity contribution >= 4 is 13.6 Å². The van der Waals surface area contributed by atoms with E-state index in [0.717, 1.165) is 6.07 Å². The SMILES string of the molecule is COc1cc(OB(O)O)cc(F)c1C=O. The maximum Gasteiger partial charge on any atom is 0.707 e. The number of rotatable bonds is 4. The molecule has 0 aromatic heterocycles. The smallest absolute Gasteiger partial charge is 0.512 e. The van der Waals surface area contributed by atoms with Crippen LogP contribution in [0, 0.1) is 5.82 Å². The van der Waals surface area contributed by atoms with Gasteiger partial charge in [0.2, 0.25) is 0 Å². The van der Waals surface area contributed by atoms with E-state index in [1.54, 1.807) is 0 Å². The minimum atomic E-state index is -2.06. The van der Waals surface area contributed by atoms with Crippen LogP contribution in [0.3, 0.4) is 0 Å². The zero-order chi connectivity index (χ0) is 11.4. The lowest BCUT2D eigenvalue weighted by Gasteiger charge is -2.09. The summed E-state index contributed by atoms with van der Waals surface area (Å²) in [6.45, 7) is 0. The molecule has 0 saturated heterocycles. The van der Waals surface area contributed by atoms with E-state index in [4.69, 9.17) is 14.8 Å². The summed E-state index contributed by atoms with van der Waals surface area (Å²) in [7, 11) is -0.808. The number of carbonyl (C=O) groups excluding carboxylic acids is 1. The summed E-state index contributed by atoms with van der Waals surface area (Å²) in [4.78, 5) is 10.5. The molecule has 0 heterocycles. The Balaban J connectivity index is 3.13. The van der Waals surface area contributed by atoms with Crippen LogP contribution in [-0.2, 0) is 0 Å². The van der Waals surface area contributed by atoms with Crippen molar-refractivity contribution < 1.29 is 28.6 Å². The predicted octanol–water partition coefficient (Wildman–Crippen LogP) is -0.00490. The summed E-state index contributed by atoms with van der Waals surface area (Å²) in [6, 6.07) is 2.03. The third-order valence-electron chi connectivity index (χ3n) is 1.64. The molecule has 1 aromatic rings. The van der Waals surface area contributed by atoms with E-state index in [0.29, 0.717) is 6.29 Å². The van der Waals surface area contributed by atoms with Gasteiger partial charge in [-0.3, -0.25) is 4.79 Å². The molecule has 80 valence electrons. The lowest BCUT2D eigenvalue weighted by molar-refractivity contribution is 0.111. The molecule has 0 radical (unpaired) electrons. The highest BCUT2D eigenvalue weighted by Gasteiger charge is 2.16. The lowest BCUT2D eigenvalue weighted by Crippen LogP contribution is -2.20. The Bertz CT molecular complexity index is 368. The minimum Gasteiger partial charge on any atom is -0.512 e. The second-order valence-electron chi connectivity index (χ2n) is 2.58. The second kappa shape index (κ2) is 4.76. The van der Waals surface area contributed by atoms with Crippen LogP contribution < -0.4 is 9.39 Å². The van der Waals surface area contributed by atoms with Gasteiger partial charge in [0.05, 0.1) is 12.7 Å². The molecule has 0 saturated carbocycles. The van der Waals surface area contributed by atoms with Crippen molar-refractivity contribution in [2.75, 3.05) is 7.11 Å². The Labute approximate surface area is 85.2 Å². The predicted molar refractivity (Wildman–Crippen MR) is 49.2 cm³/mol. The summed E-state index contributed by atoms with van der Waals surface area (Å²) in [5, 5.41) is 17.0. The molecular weight excluding hydrogens is 206 g/mol. The average molecular weight is 214 g/mol. The molecule has 2 N–H and O–H groups in total. The molecule has 0 aliphatic carbocycles. The maximum atomic E-state index is 13.2. The Kier molecular flexibility index (Phi) is 3.65. The van der Waals surface area contributed by atoms with Gasteiger partial charge in [-0.05, 0) is 0 Å². The van der Waals surface area contributed by atoms with Crippen molar-refractivity contribution in [3.63, 3.8) is 0 Å². The zero-order valence-corrected chi connectivity index (χ0v) is 7.81.